The van der Waals surface area contributed by atoms with Crippen molar-refractivity contribution in [3.63, 3.8) is 0 Å². The standard InChI is InChI=1S/C10H16ClN3/c1-7(2)8(3)4-13-10-9(11)5-12-6-14-10/h5-8H,4H2,1-3H3,(H,12,13,14). The highest BCUT2D eigenvalue weighted by atomic mass is 35.5. The van der Waals surface area contributed by atoms with E-state index in [0.717, 1.165) is 6.54 Å². The molecule has 1 aromatic rings. The topological polar surface area (TPSA) is 37.8 Å². The van der Waals surface area contributed by atoms with Gasteiger partial charge in [0.1, 0.15) is 17.2 Å². The van der Waals surface area contributed by atoms with Crippen LogP contribution < -0.4 is 5.32 Å². The number of aromatic nitrogens is 2. The first-order chi connectivity index (χ1) is 6.61. The van der Waals surface area contributed by atoms with Crippen LogP contribution in [0.4, 0.5) is 5.82 Å². The average Bonchev–Trinajstić information content (AvgIpc) is 2.16. The lowest BCUT2D eigenvalue weighted by Crippen LogP contribution is -2.17. The summed E-state index contributed by atoms with van der Waals surface area (Å²) in [5.74, 6) is 1.97. The van der Waals surface area contributed by atoms with Crippen LogP contribution in [0.1, 0.15) is 20.8 Å². The number of nitrogens with one attached hydrogen (secondary N) is 1. The van der Waals surface area contributed by atoms with Gasteiger partial charge in [0.25, 0.3) is 0 Å². The molecule has 3 nitrogen and oxygen atoms in total. The predicted molar refractivity (Wildman–Crippen MR) is 59.5 cm³/mol. The summed E-state index contributed by atoms with van der Waals surface area (Å²) in [5.41, 5.74) is 0. The largest absolute Gasteiger partial charge is 0.368 e. The monoisotopic (exact) mass is 213 g/mol. The molecule has 0 aliphatic carbocycles. The highest BCUT2D eigenvalue weighted by molar-refractivity contribution is 6.32. The highest BCUT2D eigenvalue weighted by Crippen LogP contribution is 2.17. The van der Waals surface area contributed by atoms with Crippen molar-refractivity contribution in [1.82, 2.24) is 9.97 Å². The van der Waals surface area contributed by atoms with Gasteiger partial charge in [-0.3, -0.25) is 0 Å². The lowest BCUT2D eigenvalue weighted by molar-refractivity contribution is 0.439. The Balaban J connectivity index is 2.50. The van der Waals surface area contributed by atoms with Gasteiger partial charge in [-0.25, -0.2) is 9.97 Å². The van der Waals surface area contributed by atoms with Crippen LogP contribution in [0.2, 0.25) is 5.02 Å². The molecule has 0 saturated carbocycles. The summed E-state index contributed by atoms with van der Waals surface area (Å²) in [6, 6.07) is 0. The van der Waals surface area contributed by atoms with Gasteiger partial charge in [-0.1, -0.05) is 32.4 Å². The molecule has 0 bridgehead atoms. The molecule has 78 valence electrons. The molecule has 1 heterocycles. The van der Waals surface area contributed by atoms with Crippen molar-refractivity contribution in [2.45, 2.75) is 20.8 Å². The van der Waals surface area contributed by atoms with Gasteiger partial charge in [0, 0.05) is 6.54 Å². The van der Waals surface area contributed by atoms with Crippen molar-refractivity contribution in [1.29, 1.82) is 0 Å². The van der Waals surface area contributed by atoms with Crippen molar-refractivity contribution < 1.29 is 0 Å². The second-order valence-corrected chi connectivity index (χ2v) is 4.23. The van der Waals surface area contributed by atoms with Gasteiger partial charge in [-0.05, 0) is 11.8 Å². The molecule has 0 spiro atoms. The lowest BCUT2D eigenvalue weighted by atomic mass is 9.98. The minimum Gasteiger partial charge on any atom is -0.368 e. The number of rotatable bonds is 4. The molecule has 14 heavy (non-hydrogen) atoms. The first kappa shape index (κ1) is 11.2. The van der Waals surface area contributed by atoms with Crippen LogP contribution in [0.15, 0.2) is 12.5 Å². The maximum Gasteiger partial charge on any atom is 0.148 e. The smallest absolute Gasteiger partial charge is 0.148 e. The summed E-state index contributed by atoms with van der Waals surface area (Å²) < 4.78 is 0. The van der Waals surface area contributed by atoms with Crippen LogP contribution in [0.5, 0.6) is 0 Å². The molecule has 4 heteroatoms. The Bertz CT molecular complexity index is 288. The van der Waals surface area contributed by atoms with E-state index in [4.69, 9.17) is 11.6 Å². The molecule has 1 rings (SSSR count). The third-order valence-corrected chi connectivity index (χ3v) is 2.67. The van der Waals surface area contributed by atoms with Crippen molar-refractivity contribution >= 4 is 17.4 Å². The van der Waals surface area contributed by atoms with Gasteiger partial charge >= 0.3 is 0 Å². The van der Waals surface area contributed by atoms with Gasteiger partial charge in [0.15, 0.2) is 0 Å². The molecule has 1 unspecified atom stereocenters. The average molecular weight is 214 g/mol. The van der Waals surface area contributed by atoms with E-state index in [1.807, 2.05) is 0 Å². The van der Waals surface area contributed by atoms with E-state index in [-0.39, 0.29) is 0 Å². The zero-order valence-electron chi connectivity index (χ0n) is 8.79. The van der Waals surface area contributed by atoms with E-state index in [0.29, 0.717) is 22.7 Å². The third kappa shape index (κ3) is 3.14. The van der Waals surface area contributed by atoms with Gasteiger partial charge in [-0.2, -0.15) is 0 Å². The molecule has 1 atom stereocenters. The molecular formula is C10H16ClN3. The molecule has 0 aliphatic heterocycles. The number of halogens is 1. The third-order valence-electron chi connectivity index (χ3n) is 2.40. The number of hydrogen-bond donors (Lipinski definition) is 1. The summed E-state index contributed by atoms with van der Waals surface area (Å²) in [6.45, 7) is 7.49. The van der Waals surface area contributed by atoms with Crippen molar-refractivity contribution in [2.24, 2.45) is 11.8 Å². The number of hydrogen-bond acceptors (Lipinski definition) is 3. The fraction of sp³-hybridized carbons (Fsp3) is 0.600. The summed E-state index contributed by atoms with van der Waals surface area (Å²) in [4.78, 5) is 7.88. The lowest BCUT2D eigenvalue weighted by Gasteiger charge is -2.16. The first-order valence-electron chi connectivity index (χ1n) is 4.80. The number of anilines is 1. The predicted octanol–water partition coefficient (Wildman–Crippen LogP) is 2.83. The summed E-state index contributed by atoms with van der Waals surface area (Å²) >= 11 is 5.90. The highest BCUT2D eigenvalue weighted by Gasteiger charge is 2.08. The Hall–Kier alpha value is -0.830. The van der Waals surface area contributed by atoms with Gasteiger partial charge in [0.2, 0.25) is 0 Å². The van der Waals surface area contributed by atoms with E-state index in [1.165, 1.54) is 6.33 Å². The molecular weight excluding hydrogens is 198 g/mol. The normalized spacial score (nSPS) is 12.9. The Labute approximate surface area is 89.9 Å². The maximum absolute atomic E-state index is 5.90. The molecule has 0 fully saturated rings. The second-order valence-electron chi connectivity index (χ2n) is 3.82. The van der Waals surface area contributed by atoms with Gasteiger partial charge < -0.3 is 5.32 Å². The van der Waals surface area contributed by atoms with Crippen LogP contribution >= 0.6 is 11.6 Å². The fourth-order valence-corrected chi connectivity index (χ4v) is 1.11. The maximum atomic E-state index is 5.90. The van der Waals surface area contributed by atoms with E-state index < -0.39 is 0 Å². The Morgan fingerprint density at radius 3 is 2.71 bits per heavy atom. The van der Waals surface area contributed by atoms with Crippen molar-refractivity contribution in [3.05, 3.63) is 17.5 Å². The molecule has 0 saturated heterocycles. The van der Waals surface area contributed by atoms with Crippen LogP contribution in [0, 0.1) is 11.8 Å². The van der Waals surface area contributed by atoms with Crippen LogP contribution in [0.3, 0.4) is 0 Å². The van der Waals surface area contributed by atoms with Crippen LogP contribution in [0.25, 0.3) is 0 Å². The van der Waals surface area contributed by atoms with Crippen LogP contribution in [-0.2, 0) is 0 Å². The van der Waals surface area contributed by atoms with E-state index >= 15 is 0 Å². The quantitative estimate of drug-likeness (QED) is 0.836. The minimum absolute atomic E-state index is 0.573. The van der Waals surface area contributed by atoms with Gasteiger partial charge in [0.05, 0.1) is 6.20 Å². The molecule has 0 amide bonds. The van der Waals surface area contributed by atoms with Crippen LogP contribution in [-0.4, -0.2) is 16.5 Å². The molecule has 0 aliphatic rings. The van der Waals surface area contributed by atoms with Gasteiger partial charge in [-0.15, -0.1) is 0 Å². The summed E-state index contributed by atoms with van der Waals surface area (Å²) in [5, 5.41) is 3.78. The molecule has 1 aromatic heterocycles. The SMILES string of the molecule is CC(C)C(C)CNc1ncncc1Cl. The van der Waals surface area contributed by atoms with E-state index in [1.54, 1.807) is 6.20 Å². The summed E-state index contributed by atoms with van der Waals surface area (Å²) in [7, 11) is 0. The van der Waals surface area contributed by atoms with E-state index in [2.05, 4.69) is 36.1 Å². The fourth-order valence-electron chi connectivity index (χ4n) is 0.936. The first-order valence-corrected chi connectivity index (χ1v) is 5.18. The second kappa shape index (κ2) is 5.15. The molecule has 0 radical (unpaired) electrons. The Morgan fingerprint density at radius 1 is 1.43 bits per heavy atom. The zero-order valence-corrected chi connectivity index (χ0v) is 9.54. The van der Waals surface area contributed by atoms with Crippen molar-refractivity contribution in [2.75, 3.05) is 11.9 Å². The minimum atomic E-state index is 0.573. The summed E-state index contributed by atoms with van der Waals surface area (Å²) in [6.07, 6.45) is 3.09. The van der Waals surface area contributed by atoms with Crippen molar-refractivity contribution in [3.8, 4) is 0 Å². The zero-order chi connectivity index (χ0) is 10.6. The Kier molecular flexibility index (Phi) is 4.14. The number of nitrogens with zero attached hydrogens (tertiary/aromatic N) is 2. The van der Waals surface area contributed by atoms with E-state index in [9.17, 15) is 0 Å². The molecule has 0 aromatic carbocycles. The molecule has 1 N–H and O–H groups in total. The Morgan fingerprint density at radius 2 is 2.14 bits per heavy atom.